The summed E-state index contributed by atoms with van der Waals surface area (Å²) in [6.45, 7) is 1.48. The second-order valence-electron chi connectivity index (χ2n) is 5.33. The maximum absolute atomic E-state index is 11.3. The highest BCUT2D eigenvalue weighted by molar-refractivity contribution is 5.88. The number of hydrogen-bond donors (Lipinski definition) is 3. The van der Waals surface area contributed by atoms with Crippen LogP contribution in [0.5, 0.6) is 5.75 Å². The summed E-state index contributed by atoms with van der Waals surface area (Å²) in [4.78, 5) is 37.0. The molecule has 9 nitrogen and oxygen atoms in total. The lowest BCUT2D eigenvalue weighted by Crippen LogP contribution is -2.03. The molecule has 0 aliphatic rings. The van der Waals surface area contributed by atoms with Crippen molar-refractivity contribution < 1.29 is 29.7 Å². The number of carboxylic acid groups (broad SMARTS) is 2. The minimum Gasteiger partial charge on any atom is -0.505 e. The molecule has 0 saturated heterocycles. The quantitative estimate of drug-likeness (QED) is 0.509. The highest BCUT2D eigenvalue weighted by Crippen LogP contribution is 2.31. The number of nitrogens with zero attached hydrogens (tertiary/aromatic N) is 3. The minimum atomic E-state index is -1.07. The normalized spacial score (nSPS) is 10.8. The van der Waals surface area contributed by atoms with Crippen LogP contribution in [-0.4, -0.2) is 38.5 Å². The zero-order chi connectivity index (χ0) is 19.3. The molecule has 134 valence electrons. The van der Waals surface area contributed by atoms with Crippen LogP contribution >= 0.6 is 0 Å². The number of aromatic nitrogens is 1. The van der Waals surface area contributed by atoms with Crippen molar-refractivity contribution in [2.75, 3.05) is 0 Å². The van der Waals surface area contributed by atoms with E-state index in [0.717, 1.165) is 0 Å². The van der Waals surface area contributed by atoms with Crippen molar-refractivity contribution in [2.24, 2.45) is 10.2 Å². The number of aryl methyl sites for hydroxylation is 1. The maximum atomic E-state index is 11.3. The van der Waals surface area contributed by atoms with Crippen molar-refractivity contribution in [3.63, 3.8) is 0 Å². The van der Waals surface area contributed by atoms with Gasteiger partial charge in [0.15, 0.2) is 12.1 Å². The van der Waals surface area contributed by atoms with Gasteiger partial charge in [0.2, 0.25) is 0 Å². The number of rotatable bonds is 7. The van der Waals surface area contributed by atoms with Crippen LogP contribution in [0.3, 0.4) is 0 Å². The van der Waals surface area contributed by atoms with E-state index in [4.69, 9.17) is 10.2 Å². The van der Waals surface area contributed by atoms with E-state index in [0.29, 0.717) is 12.0 Å². The zero-order valence-electron chi connectivity index (χ0n) is 13.7. The molecular formula is C17H15N3O6. The molecule has 0 aliphatic heterocycles. The topological polar surface area (TPSA) is 150 Å². The van der Waals surface area contributed by atoms with E-state index in [9.17, 15) is 19.5 Å². The van der Waals surface area contributed by atoms with Crippen molar-refractivity contribution in [3.8, 4) is 5.75 Å². The molecule has 2 aromatic rings. The molecule has 1 aromatic carbocycles. The molecule has 0 atom stereocenters. The van der Waals surface area contributed by atoms with Gasteiger partial charge in [-0.25, -0.2) is 9.78 Å². The van der Waals surface area contributed by atoms with E-state index in [1.165, 1.54) is 31.2 Å². The average molecular weight is 357 g/mol. The van der Waals surface area contributed by atoms with Crippen LogP contribution in [0.4, 0.5) is 11.5 Å². The fourth-order valence-electron chi connectivity index (χ4n) is 2.20. The number of aldehydes is 1. The molecule has 0 amide bonds. The van der Waals surface area contributed by atoms with E-state index >= 15 is 0 Å². The smallest absolute Gasteiger partial charge is 0.335 e. The molecule has 0 aliphatic carbocycles. The Labute approximate surface area is 147 Å². The first-order valence-electron chi connectivity index (χ1n) is 7.48. The molecular weight excluding hydrogens is 342 g/mol. The van der Waals surface area contributed by atoms with Crippen molar-refractivity contribution in [3.05, 3.63) is 46.6 Å². The van der Waals surface area contributed by atoms with Gasteiger partial charge < -0.3 is 15.3 Å². The molecule has 2 rings (SSSR count). The Balaban J connectivity index is 2.43. The van der Waals surface area contributed by atoms with Crippen LogP contribution < -0.4 is 0 Å². The number of aromatic hydroxyl groups is 1. The van der Waals surface area contributed by atoms with Crippen LogP contribution in [0.15, 0.2) is 34.5 Å². The Morgan fingerprint density at radius 2 is 1.81 bits per heavy atom. The standard InChI is InChI=1S/C17H15N3O6/c1-9-15(24)13(8-21)12(6-7-14(22)23)16(18-9)20-19-11-4-2-10(3-5-11)17(25)26/h2-5,8,24H,6-7H2,1H3,(H,22,23)(H,25,26)/b20-19+. The summed E-state index contributed by atoms with van der Waals surface area (Å²) in [5.41, 5.74) is 0.694. The van der Waals surface area contributed by atoms with E-state index in [1.807, 2.05) is 0 Å². The van der Waals surface area contributed by atoms with Crippen LogP contribution in [0.2, 0.25) is 0 Å². The number of carbonyl (C=O) groups excluding carboxylic acids is 1. The van der Waals surface area contributed by atoms with Crippen molar-refractivity contribution >= 4 is 29.7 Å². The third-order valence-electron chi connectivity index (χ3n) is 3.55. The second-order valence-corrected chi connectivity index (χ2v) is 5.33. The fraction of sp³-hybridized carbons (Fsp3) is 0.176. The van der Waals surface area contributed by atoms with Crippen LogP contribution in [0.25, 0.3) is 0 Å². The summed E-state index contributed by atoms with van der Waals surface area (Å²) in [7, 11) is 0. The summed E-state index contributed by atoms with van der Waals surface area (Å²) in [5.74, 6) is -2.46. The lowest BCUT2D eigenvalue weighted by atomic mass is 10.0. The molecule has 0 bridgehead atoms. The first-order valence-corrected chi connectivity index (χ1v) is 7.48. The average Bonchev–Trinajstić information content (AvgIpc) is 2.61. The van der Waals surface area contributed by atoms with Gasteiger partial charge in [0.1, 0.15) is 5.75 Å². The maximum Gasteiger partial charge on any atom is 0.335 e. The number of pyridine rings is 1. The van der Waals surface area contributed by atoms with E-state index in [2.05, 4.69) is 15.2 Å². The number of aliphatic carboxylic acids is 1. The zero-order valence-corrected chi connectivity index (χ0v) is 13.7. The lowest BCUT2D eigenvalue weighted by molar-refractivity contribution is -0.136. The summed E-state index contributed by atoms with van der Waals surface area (Å²) < 4.78 is 0. The largest absolute Gasteiger partial charge is 0.505 e. The number of carbonyl (C=O) groups is 3. The predicted octanol–water partition coefficient (Wildman–Crippen LogP) is 3.04. The molecule has 0 unspecified atom stereocenters. The minimum absolute atomic E-state index is 0.0194. The molecule has 26 heavy (non-hydrogen) atoms. The summed E-state index contributed by atoms with van der Waals surface area (Å²) in [6.07, 6.45) is 0.0826. The number of hydrogen-bond acceptors (Lipinski definition) is 7. The first kappa shape index (κ1) is 18.7. The van der Waals surface area contributed by atoms with Gasteiger partial charge in [-0.05, 0) is 37.6 Å². The molecule has 0 saturated carbocycles. The highest BCUT2D eigenvalue weighted by Gasteiger charge is 2.18. The van der Waals surface area contributed by atoms with E-state index in [-0.39, 0.29) is 46.8 Å². The van der Waals surface area contributed by atoms with E-state index < -0.39 is 11.9 Å². The van der Waals surface area contributed by atoms with Gasteiger partial charge in [0.05, 0.1) is 22.5 Å². The molecule has 1 aromatic heterocycles. The Kier molecular flexibility index (Phi) is 5.74. The van der Waals surface area contributed by atoms with Gasteiger partial charge in [-0.15, -0.1) is 10.2 Å². The summed E-state index contributed by atoms with van der Waals surface area (Å²) in [5, 5.41) is 35.6. The van der Waals surface area contributed by atoms with Gasteiger partial charge in [-0.2, -0.15) is 0 Å². The third-order valence-corrected chi connectivity index (χ3v) is 3.55. The Morgan fingerprint density at radius 3 is 2.35 bits per heavy atom. The highest BCUT2D eigenvalue weighted by atomic mass is 16.4. The van der Waals surface area contributed by atoms with Crippen molar-refractivity contribution in [1.82, 2.24) is 4.98 Å². The van der Waals surface area contributed by atoms with Gasteiger partial charge in [-0.1, -0.05) is 0 Å². The lowest BCUT2D eigenvalue weighted by Gasteiger charge is -2.10. The predicted molar refractivity (Wildman–Crippen MR) is 89.6 cm³/mol. The van der Waals surface area contributed by atoms with Gasteiger partial charge in [0.25, 0.3) is 0 Å². The fourth-order valence-corrected chi connectivity index (χ4v) is 2.20. The molecule has 0 radical (unpaired) electrons. The van der Waals surface area contributed by atoms with Gasteiger partial charge >= 0.3 is 11.9 Å². The molecule has 0 spiro atoms. The van der Waals surface area contributed by atoms with Crippen LogP contribution in [0.1, 0.15) is 38.4 Å². The van der Waals surface area contributed by atoms with E-state index in [1.54, 1.807) is 0 Å². The Bertz CT molecular complexity index is 890. The first-order chi connectivity index (χ1) is 12.3. The van der Waals surface area contributed by atoms with Crippen molar-refractivity contribution in [1.29, 1.82) is 0 Å². The van der Waals surface area contributed by atoms with Crippen LogP contribution in [-0.2, 0) is 11.2 Å². The Morgan fingerprint density at radius 1 is 1.15 bits per heavy atom. The number of carboxylic acids is 2. The molecule has 1 heterocycles. The number of benzene rings is 1. The van der Waals surface area contributed by atoms with Gasteiger partial charge in [-0.3, -0.25) is 9.59 Å². The summed E-state index contributed by atoms with van der Waals surface area (Å²) in [6, 6.07) is 5.60. The Hall–Kier alpha value is -3.62. The van der Waals surface area contributed by atoms with Crippen molar-refractivity contribution in [2.45, 2.75) is 19.8 Å². The van der Waals surface area contributed by atoms with Gasteiger partial charge in [0, 0.05) is 12.0 Å². The summed E-state index contributed by atoms with van der Waals surface area (Å²) >= 11 is 0. The second kappa shape index (κ2) is 7.97. The monoisotopic (exact) mass is 357 g/mol. The van der Waals surface area contributed by atoms with Crippen LogP contribution in [0, 0.1) is 6.92 Å². The molecule has 0 fully saturated rings. The third kappa shape index (κ3) is 4.26. The molecule has 3 N–H and O–H groups in total. The number of aromatic carboxylic acids is 1. The number of azo groups is 1. The SMILES string of the molecule is Cc1nc(/N=N/c2ccc(C(=O)O)cc2)c(CCC(=O)O)c(C=O)c1O. The molecule has 9 heteroatoms.